The lowest BCUT2D eigenvalue weighted by Gasteiger charge is -2.22. The molecule has 0 spiro atoms. The van der Waals surface area contributed by atoms with E-state index >= 15 is 0 Å². The maximum atomic E-state index is 11.6. The zero-order chi connectivity index (χ0) is 13.0. The molecule has 1 aromatic heterocycles. The van der Waals surface area contributed by atoms with E-state index in [2.05, 4.69) is 20.9 Å². The minimum absolute atomic E-state index is 0. The standard InChI is InChI=1S/C12H18N4O2.2ClH/c1-13-11(17)9-3-2-5-15-10(9)16-8-12(18)4-6-14-7-12;;/h2-3,5,14,18H,4,6-8H2,1H3,(H,13,17)(H,15,16);2*1H. The van der Waals surface area contributed by atoms with Gasteiger partial charge in [0.2, 0.25) is 0 Å². The van der Waals surface area contributed by atoms with Gasteiger partial charge < -0.3 is 21.1 Å². The highest BCUT2D eigenvalue weighted by Crippen LogP contribution is 2.17. The van der Waals surface area contributed by atoms with Crippen LogP contribution < -0.4 is 16.0 Å². The number of rotatable bonds is 4. The summed E-state index contributed by atoms with van der Waals surface area (Å²) in [6.45, 7) is 1.74. The zero-order valence-corrected chi connectivity index (χ0v) is 12.8. The number of aromatic nitrogens is 1. The Morgan fingerprint density at radius 1 is 1.55 bits per heavy atom. The molecular formula is C12H20Cl2N4O2. The van der Waals surface area contributed by atoms with Crippen molar-refractivity contribution in [1.82, 2.24) is 15.6 Å². The van der Waals surface area contributed by atoms with Gasteiger partial charge in [0.15, 0.2) is 0 Å². The van der Waals surface area contributed by atoms with Crippen LogP contribution in [0.25, 0.3) is 0 Å². The maximum absolute atomic E-state index is 11.6. The van der Waals surface area contributed by atoms with Crippen LogP contribution in [0, 0.1) is 0 Å². The topological polar surface area (TPSA) is 86.3 Å². The normalized spacial score (nSPS) is 20.5. The first-order chi connectivity index (χ1) is 8.64. The molecule has 20 heavy (non-hydrogen) atoms. The lowest BCUT2D eigenvalue weighted by molar-refractivity contribution is 0.0750. The van der Waals surface area contributed by atoms with Crippen LogP contribution in [0.4, 0.5) is 5.82 Å². The van der Waals surface area contributed by atoms with E-state index in [4.69, 9.17) is 0 Å². The molecule has 4 N–H and O–H groups in total. The Balaban J connectivity index is 0.00000180. The molecule has 0 radical (unpaired) electrons. The van der Waals surface area contributed by atoms with Gasteiger partial charge in [-0.25, -0.2) is 4.98 Å². The number of halogens is 2. The Bertz CT molecular complexity index is 439. The second-order valence-corrected chi connectivity index (χ2v) is 4.48. The minimum atomic E-state index is -0.766. The third kappa shape index (κ3) is 4.49. The first-order valence-corrected chi connectivity index (χ1v) is 5.99. The number of β-amino-alcohol motifs (C(OH)–C–C–N with tert-alkyl or cyclic N) is 1. The summed E-state index contributed by atoms with van der Waals surface area (Å²) < 4.78 is 0. The second kappa shape index (κ2) is 8.26. The molecule has 2 rings (SSSR count). The van der Waals surface area contributed by atoms with Gasteiger partial charge in [0.25, 0.3) is 5.91 Å². The fourth-order valence-electron chi connectivity index (χ4n) is 1.99. The predicted molar refractivity (Wildman–Crippen MR) is 83.0 cm³/mol. The molecule has 0 bridgehead atoms. The average molecular weight is 323 g/mol. The molecule has 114 valence electrons. The van der Waals surface area contributed by atoms with E-state index in [0.717, 1.165) is 6.54 Å². The van der Waals surface area contributed by atoms with Crippen LogP contribution in [0.5, 0.6) is 0 Å². The molecular weight excluding hydrogens is 303 g/mol. The SMILES string of the molecule is CNC(=O)c1cccnc1NCC1(O)CCNC1.Cl.Cl. The molecule has 1 fully saturated rings. The fraction of sp³-hybridized carbons (Fsp3) is 0.500. The van der Waals surface area contributed by atoms with E-state index in [0.29, 0.717) is 30.9 Å². The summed E-state index contributed by atoms with van der Waals surface area (Å²) in [4.78, 5) is 15.8. The molecule has 2 heterocycles. The summed E-state index contributed by atoms with van der Waals surface area (Å²) in [7, 11) is 1.58. The third-order valence-electron chi connectivity index (χ3n) is 3.09. The van der Waals surface area contributed by atoms with Crippen molar-refractivity contribution >= 4 is 36.5 Å². The monoisotopic (exact) mass is 322 g/mol. The summed E-state index contributed by atoms with van der Waals surface area (Å²) in [6, 6.07) is 3.41. The summed E-state index contributed by atoms with van der Waals surface area (Å²) >= 11 is 0. The van der Waals surface area contributed by atoms with Gasteiger partial charge in [0.05, 0.1) is 11.2 Å². The highest BCUT2D eigenvalue weighted by molar-refractivity contribution is 5.98. The van der Waals surface area contributed by atoms with E-state index < -0.39 is 5.60 Å². The Labute approximate surface area is 130 Å². The van der Waals surface area contributed by atoms with E-state index in [1.165, 1.54) is 0 Å². The lowest BCUT2D eigenvalue weighted by atomic mass is 10.0. The van der Waals surface area contributed by atoms with Crippen molar-refractivity contribution in [1.29, 1.82) is 0 Å². The van der Waals surface area contributed by atoms with E-state index in [1.807, 2.05) is 0 Å². The van der Waals surface area contributed by atoms with Gasteiger partial charge in [-0.3, -0.25) is 4.79 Å². The number of hydrogen-bond acceptors (Lipinski definition) is 5. The van der Waals surface area contributed by atoms with Gasteiger partial charge >= 0.3 is 0 Å². The highest BCUT2D eigenvalue weighted by atomic mass is 35.5. The molecule has 0 aromatic carbocycles. The van der Waals surface area contributed by atoms with E-state index in [1.54, 1.807) is 25.4 Å². The van der Waals surface area contributed by atoms with Crippen LogP contribution in [0.1, 0.15) is 16.8 Å². The zero-order valence-electron chi connectivity index (χ0n) is 11.2. The van der Waals surface area contributed by atoms with Crippen LogP contribution in [0.2, 0.25) is 0 Å². The van der Waals surface area contributed by atoms with Gasteiger partial charge in [-0.2, -0.15) is 0 Å². The summed E-state index contributed by atoms with van der Waals surface area (Å²) in [5, 5.41) is 18.9. The van der Waals surface area contributed by atoms with Gasteiger partial charge in [-0.15, -0.1) is 24.8 Å². The molecule has 1 aliphatic rings. The van der Waals surface area contributed by atoms with Crippen molar-refractivity contribution in [3.8, 4) is 0 Å². The van der Waals surface area contributed by atoms with Crippen LogP contribution in [-0.4, -0.2) is 48.3 Å². The number of pyridine rings is 1. The number of aliphatic hydroxyl groups is 1. The third-order valence-corrected chi connectivity index (χ3v) is 3.09. The van der Waals surface area contributed by atoms with Crippen molar-refractivity contribution in [2.45, 2.75) is 12.0 Å². The number of nitrogens with one attached hydrogen (secondary N) is 3. The number of carbonyl (C=O) groups excluding carboxylic acids is 1. The molecule has 6 nitrogen and oxygen atoms in total. The first-order valence-electron chi connectivity index (χ1n) is 5.99. The van der Waals surface area contributed by atoms with Gasteiger partial charge in [-0.1, -0.05) is 0 Å². The van der Waals surface area contributed by atoms with Crippen LogP contribution in [0.15, 0.2) is 18.3 Å². The van der Waals surface area contributed by atoms with Crippen molar-refractivity contribution in [2.75, 3.05) is 32.0 Å². The van der Waals surface area contributed by atoms with Gasteiger partial charge in [-0.05, 0) is 25.1 Å². The largest absolute Gasteiger partial charge is 0.387 e. The number of nitrogens with zero attached hydrogens (tertiary/aromatic N) is 1. The number of anilines is 1. The highest BCUT2D eigenvalue weighted by Gasteiger charge is 2.31. The van der Waals surface area contributed by atoms with Crippen molar-refractivity contribution in [2.24, 2.45) is 0 Å². The average Bonchev–Trinajstić information content (AvgIpc) is 2.83. The van der Waals surface area contributed by atoms with Gasteiger partial charge in [0, 0.05) is 26.3 Å². The van der Waals surface area contributed by atoms with E-state index in [9.17, 15) is 9.90 Å². The van der Waals surface area contributed by atoms with Gasteiger partial charge in [0.1, 0.15) is 5.82 Å². The summed E-state index contributed by atoms with van der Waals surface area (Å²) in [5.74, 6) is 0.305. The quantitative estimate of drug-likeness (QED) is 0.645. The fourth-order valence-corrected chi connectivity index (χ4v) is 1.99. The smallest absolute Gasteiger partial charge is 0.254 e. The molecule has 0 aliphatic carbocycles. The molecule has 1 aromatic rings. The molecule has 1 unspecified atom stereocenters. The second-order valence-electron chi connectivity index (χ2n) is 4.48. The Hall–Kier alpha value is -1.08. The molecule has 1 atom stereocenters. The van der Waals surface area contributed by atoms with Crippen LogP contribution >= 0.6 is 24.8 Å². The predicted octanol–water partition coefficient (Wildman–Crippen LogP) is 0.421. The molecule has 1 amide bonds. The Morgan fingerprint density at radius 3 is 2.90 bits per heavy atom. The van der Waals surface area contributed by atoms with Crippen molar-refractivity contribution in [3.05, 3.63) is 23.9 Å². The number of carbonyl (C=O) groups is 1. The number of hydrogen-bond donors (Lipinski definition) is 4. The van der Waals surface area contributed by atoms with Crippen molar-refractivity contribution in [3.63, 3.8) is 0 Å². The van der Waals surface area contributed by atoms with Crippen molar-refractivity contribution < 1.29 is 9.90 Å². The Morgan fingerprint density at radius 2 is 2.30 bits per heavy atom. The molecule has 1 aliphatic heterocycles. The van der Waals surface area contributed by atoms with Crippen LogP contribution in [0.3, 0.4) is 0 Å². The lowest BCUT2D eigenvalue weighted by Crippen LogP contribution is -2.39. The first kappa shape index (κ1) is 18.9. The van der Waals surface area contributed by atoms with Crippen LogP contribution in [-0.2, 0) is 0 Å². The minimum Gasteiger partial charge on any atom is -0.387 e. The maximum Gasteiger partial charge on any atom is 0.254 e. The summed E-state index contributed by atoms with van der Waals surface area (Å²) in [5.41, 5.74) is -0.285. The molecule has 8 heteroatoms. The molecule has 1 saturated heterocycles. The van der Waals surface area contributed by atoms with E-state index in [-0.39, 0.29) is 30.7 Å². The summed E-state index contributed by atoms with van der Waals surface area (Å²) in [6.07, 6.45) is 2.31. The number of amides is 1. The molecule has 0 saturated carbocycles. The Kier molecular flexibility index (Phi) is 7.82.